The van der Waals surface area contributed by atoms with Crippen LogP contribution in [0.2, 0.25) is 0 Å². The van der Waals surface area contributed by atoms with Gasteiger partial charge >= 0.3 is 0 Å². The molecule has 0 aliphatic carbocycles. The van der Waals surface area contributed by atoms with Crippen molar-refractivity contribution in [1.29, 1.82) is 0 Å². The summed E-state index contributed by atoms with van der Waals surface area (Å²) in [5.74, 6) is 0.667. The van der Waals surface area contributed by atoms with E-state index < -0.39 is 0 Å². The summed E-state index contributed by atoms with van der Waals surface area (Å²) in [6, 6.07) is 11.0. The third kappa shape index (κ3) is 4.50. The molecule has 0 saturated heterocycles. The molecule has 0 bridgehead atoms. The molecule has 2 aromatic rings. The van der Waals surface area contributed by atoms with Crippen LogP contribution < -0.4 is 5.32 Å². The molecule has 0 saturated carbocycles. The van der Waals surface area contributed by atoms with E-state index >= 15 is 0 Å². The molecule has 0 fully saturated rings. The van der Waals surface area contributed by atoms with Crippen molar-refractivity contribution < 1.29 is 0 Å². The number of hydrogen-bond donors (Lipinski definition) is 1. The molecule has 1 aromatic carbocycles. The first-order valence-electron chi connectivity index (χ1n) is 7.69. The van der Waals surface area contributed by atoms with Gasteiger partial charge in [-0.25, -0.2) is 0 Å². The van der Waals surface area contributed by atoms with Crippen molar-refractivity contribution in [3.05, 3.63) is 47.8 Å². The van der Waals surface area contributed by atoms with Gasteiger partial charge in [0.1, 0.15) is 0 Å². The minimum atomic E-state index is 0.508. The van der Waals surface area contributed by atoms with E-state index in [2.05, 4.69) is 65.5 Å². The number of alkyl halides is 1. The SMILES string of the molecule is CCC(CC)n1ccc(CNc2ccc(CCCl)cc2)n1. The van der Waals surface area contributed by atoms with E-state index in [0.717, 1.165) is 37.2 Å². The lowest BCUT2D eigenvalue weighted by atomic mass is 10.1. The summed E-state index contributed by atoms with van der Waals surface area (Å²) in [5.41, 5.74) is 3.46. The first kappa shape index (κ1) is 15.9. The van der Waals surface area contributed by atoms with Crippen molar-refractivity contribution in [3.63, 3.8) is 0 Å². The van der Waals surface area contributed by atoms with Crippen molar-refractivity contribution >= 4 is 17.3 Å². The average Bonchev–Trinajstić information content (AvgIpc) is 2.97. The summed E-state index contributed by atoms with van der Waals surface area (Å²) >= 11 is 5.74. The molecule has 0 amide bonds. The highest BCUT2D eigenvalue weighted by molar-refractivity contribution is 6.17. The predicted octanol–water partition coefficient (Wildman–Crippen LogP) is 4.64. The highest BCUT2D eigenvalue weighted by Crippen LogP contribution is 2.15. The van der Waals surface area contributed by atoms with Gasteiger partial charge in [-0.2, -0.15) is 5.10 Å². The summed E-state index contributed by atoms with van der Waals surface area (Å²) < 4.78 is 2.08. The van der Waals surface area contributed by atoms with E-state index in [-0.39, 0.29) is 0 Å². The number of halogens is 1. The predicted molar refractivity (Wildman–Crippen MR) is 90.0 cm³/mol. The standard InChI is InChI=1S/C17H24ClN3/c1-3-17(4-2)21-12-10-16(20-21)13-19-15-7-5-14(6-8-15)9-11-18/h5-8,10,12,17,19H,3-4,9,11,13H2,1-2H3. The Morgan fingerprint density at radius 3 is 2.48 bits per heavy atom. The van der Waals surface area contributed by atoms with Crippen LogP contribution in [0.4, 0.5) is 5.69 Å². The van der Waals surface area contributed by atoms with Crippen LogP contribution in [0.3, 0.4) is 0 Å². The normalized spacial score (nSPS) is 11.0. The Morgan fingerprint density at radius 1 is 1.14 bits per heavy atom. The second kappa shape index (κ2) is 8.08. The minimum Gasteiger partial charge on any atom is -0.379 e. The first-order valence-corrected chi connectivity index (χ1v) is 8.23. The second-order valence-corrected chi connectivity index (χ2v) is 5.62. The molecule has 1 heterocycles. The third-order valence-electron chi connectivity index (χ3n) is 3.79. The van der Waals surface area contributed by atoms with Gasteiger partial charge in [0.2, 0.25) is 0 Å². The fraction of sp³-hybridized carbons (Fsp3) is 0.471. The Morgan fingerprint density at radius 2 is 1.86 bits per heavy atom. The van der Waals surface area contributed by atoms with E-state index in [4.69, 9.17) is 11.6 Å². The maximum Gasteiger partial charge on any atom is 0.0815 e. The summed E-state index contributed by atoms with van der Waals surface area (Å²) in [6.07, 6.45) is 5.24. The summed E-state index contributed by atoms with van der Waals surface area (Å²) in [6.45, 7) is 5.16. The number of aromatic nitrogens is 2. The maximum absolute atomic E-state index is 5.74. The van der Waals surface area contributed by atoms with Gasteiger partial charge in [-0.15, -0.1) is 11.6 Å². The average molecular weight is 306 g/mol. The molecule has 114 valence electrons. The molecule has 3 nitrogen and oxygen atoms in total. The zero-order chi connectivity index (χ0) is 15.1. The lowest BCUT2D eigenvalue weighted by molar-refractivity contribution is 0.426. The van der Waals surface area contributed by atoms with Crippen LogP contribution in [0, 0.1) is 0 Å². The van der Waals surface area contributed by atoms with Crippen LogP contribution in [-0.2, 0) is 13.0 Å². The zero-order valence-electron chi connectivity index (χ0n) is 12.8. The van der Waals surface area contributed by atoms with Gasteiger partial charge in [0.15, 0.2) is 0 Å². The maximum atomic E-state index is 5.74. The third-order valence-corrected chi connectivity index (χ3v) is 3.98. The molecule has 2 rings (SSSR count). The Kier molecular flexibility index (Phi) is 6.12. The van der Waals surface area contributed by atoms with Crippen LogP contribution in [-0.4, -0.2) is 15.7 Å². The van der Waals surface area contributed by atoms with E-state index in [1.54, 1.807) is 0 Å². The highest BCUT2D eigenvalue weighted by Gasteiger charge is 2.07. The quantitative estimate of drug-likeness (QED) is 0.720. The smallest absolute Gasteiger partial charge is 0.0815 e. The number of nitrogens with zero attached hydrogens (tertiary/aromatic N) is 2. The second-order valence-electron chi connectivity index (χ2n) is 5.25. The molecule has 0 aliphatic rings. The number of aryl methyl sites for hydroxylation is 1. The van der Waals surface area contributed by atoms with Crippen molar-refractivity contribution in [3.8, 4) is 0 Å². The van der Waals surface area contributed by atoms with Gasteiger partial charge in [0.25, 0.3) is 0 Å². The van der Waals surface area contributed by atoms with Crippen LogP contribution in [0.1, 0.15) is 44.0 Å². The summed E-state index contributed by atoms with van der Waals surface area (Å²) in [4.78, 5) is 0. The van der Waals surface area contributed by atoms with E-state index in [1.807, 2.05) is 0 Å². The van der Waals surface area contributed by atoms with Gasteiger partial charge in [-0.3, -0.25) is 4.68 Å². The fourth-order valence-electron chi connectivity index (χ4n) is 2.43. The molecule has 4 heteroatoms. The van der Waals surface area contributed by atoms with Crippen LogP contribution in [0.25, 0.3) is 0 Å². The summed E-state index contributed by atoms with van der Waals surface area (Å²) in [5, 5.41) is 8.06. The molecular weight excluding hydrogens is 282 g/mol. The fourth-order valence-corrected chi connectivity index (χ4v) is 2.65. The van der Waals surface area contributed by atoms with E-state index in [0.29, 0.717) is 11.9 Å². The molecular formula is C17H24ClN3. The molecule has 0 spiro atoms. The van der Waals surface area contributed by atoms with Crippen molar-refractivity contribution in [2.75, 3.05) is 11.2 Å². The first-order chi connectivity index (χ1) is 10.3. The molecule has 0 radical (unpaired) electrons. The lowest BCUT2D eigenvalue weighted by Crippen LogP contribution is -2.09. The lowest BCUT2D eigenvalue weighted by Gasteiger charge is -2.12. The summed E-state index contributed by atoms with van der Waals surface area (Å²) in [7, 11) is 0. The van der Waals surface area contributed by atoms with Crippen molar-refractivity contribution in [2.24, 2.45) is 0 Å². The Labute approximate surface area is 132 Å². The molecule has 0 unspecified atom stereocenters. The number of rotatable bonds is 8. The van der Waals surface area contributed by atoms with Gasteiger partial charge in [-0.05, 0) is 43.0 Å². The Balaban J connectivity index is 1.90. The molecule has 1 N–H and O–H groups in total. The monoisotopic (exact) mass is 305 g/mol. The van der Waals surface area contributed by atoms with Gasteiger partial charge in [-0.1, -0.05) is 26.0 Å². The van der Waals surface area contributed by atoms with Gasteiger partial charge in [0.05, 0.1) is 18.3 Å². The molecule has 0 atom stereocenters. The van der Waals surface area contributed by atoms with Crippen LogP contribution in [0.15, 0.2) is 36.5 Å². The van der Waals surface area contributed by atoms with E-state index in [9.17, 15) is 0 Å². The molecule has 0 aliphatic heterocycles. The van der Waals surface area contributed by atoms with Crippen molar-refractivity contribution in [1.82, 2.24) is 9.78 Å². The largest absolute Gasteiger partial charge is 0.379 e. The highest BCUT2D eigenvalue weighted by atomic mass is 35.5. The number of nitrogens with one attached hydrogen (secondary N) is 1. The number of benzene rings is 1. The van der Waals surface area contributed by atoms with Crippen molar-refractivity contribution in [2.45, 2.75) is 45.7 Å². The zero-order valence-corrected chi connectivity index (χ0v) is 13.6. The minimum absolute atomic E-state index is 0.508. The van der Waals surface area contributed by atoms with Gasteiger partial charge in [0, 0.05) is 17.8 Å². The Hall–Kier alpha value is -1.48. The molecule has 1 aromatic heterocycles. The molecule has 21 heavy (non-hydrogen) atoms. The number of hydrogen-bond acceptors (Lipinski definition) is 2. The van der Waals surface area contributed by atoms with Crippen LogP contribution >= 0.6 is 11.6 Å². The Bertz CT molecular complexity index is 529. The topological polar surface area (TPSA) is 29.9 Å². The van der Waals surface area contributed by atoms with Gasteiger partial charge < -0.3 is 5.32 Å². The van der Waals surface area contributed by atoms with Crippen LogP contribution in [0.5, 0.6) is 0 Å². The number of anilines is 1. The van der Waals surface area contributed by atoms with E-state index in [1.165, 1.54) is 5.56 Å².